The van der Waals surface area contributed by atoms with Crippen molar-refractivity contribution in [1.29, 1.82) is 5.26 Å². The van der Waals surface area contributed by atoms with Crippen LogP contribution in [0.25, 0.3) is 0 Å². The van der Waals surface area contributed by atoms with Crippen molar-refractivity contribution >= 4 is 5.82 Å². The molecular formula is C10H10N6. The molecule has 2 rings (SSSR count). The van der Waals surface area contributed by atoms with Crippen molar-refractivity contribution in [3.8, 4) is 6.07 Å². The Morgan fingerprint density at radius 2 is 2.38 bits per heavy atom. The van der Waals surface area contributed by atoms with E-state index < -0.39 is 0 Å². The second-order valence-corrected chi connectivity index (χ2v) is 3.12. The topological polar surface area (TPSA) is 90.3 Å². The fraction of sp³-hybridized carbons (Fsp3) is 0.200. The molecule has 0 spiro atoms. The van der Waals surface area contributed by atoms with Crippen LogP contribution < -0.4 is 5.32 Å². The summed E-state index contributed by atoms with van der Waals surface area (Å²) in [5.74, 6) is 1.41. The number of H-pyrrole nitrogens is 1. The second kappa shape index (κ2) is 4.89. The zero-order chi connectivity index (χ0) is 11.2. The first-order valence-corrected chi connectivity index (χ1v) is 4.84. The Morgan fingerprint density at radius 3 is 3.12 bits per heavy atom. The third kappa shape index (κ3) is 2.33. The van der Waals surface area contributed by atoms with Gasteiger partial charge in [-0.3, -0.25) is 0 Å². The van der Waals surface area contributed by atoms with E-state index in [4.69, 9.17) is 5.26 Å². The van der Waals surface area contributed by atoms with Gasteiger partial charge in [0, 0.05) is 25.4 Å². The molecule has 0 radical (unpaired) electrons. The van der Waals surface area contributed by atoms with Gasteiger partial charge < -0.3 is 10.3 Å². The van der Waals surface area contributed by atoms with Crippen LogP contribution in [0.2, 0.25) is 0 Å². The number of hydrogen-bond donors (Lipinski definition) is 2. The van der Waals surface area contributed by atoms with Gasteiger partial charge in [-0.25, -0.2) is 4.98 Å². The fourth-order valence-electron chi connectivity index (χ4n) is 1.29. The van der Waals surface area contributed by atoms with Gasteiger partial charge in [-0.1, -0.05) is 0 Å². The number of anilines is 1. The highest BCUT2D eigenvalue weighted by atomic mass is 15.2. The molecule has 0 saturated heterocycles. The summed E-state index contributed by atoms with van der Waals surface area (Å²) in [6.45, 7) is 0.654. The van der Waals surface area contributed by atoms with Crippen molar-refractivity contribution < 1.29 is 0 Å². The molecule has 0 amide bonds. The minimum absolute atomic E-state index is 0.495. The third-order valence-electron chi connectivity index (χ3n) is 2.05. The molecule has 2 aromatic heterocycles. The van der Waals surface area contributed by atoms with Crippen LogP contribution in [-0.2, 0) is 6.42 Å². The molecule has 0 aliphatic rings. The molecule has 2 aromatic rings. The van der Waals surface area contributed by atoms with E-state index in [2.05, 4.69) is 31.6 Å². The average molecular weight is 214 g/mol. The maximum Gasteiger partial charge on any atom is 0.166 e. The van der Waals surface area contributed by atoms with E-state index in [-0.39, 0.29) is 0 Å². The summed E-state index contributed by atoms with van der Waals surface area (Å²) in [6.07, 6.45) is 5.72. The standard InChI is InChI=1S/C10H10N6/c11-7-8-1-4-15-16-10(8)14-3-2-9-12-5-6-13-9/h1,4-6H,2-3H2,(H,12,13)(H,14,16). The fourth-order valence-corrected chi connectivity index (χ4v) is 1.29. The minimum atomic E-state index is 0.495. The molecule has 0 saturated carbocycles. The second-order valence-electron chi connectivity index (χ2n) is 3.12. The predicted octanol–water partition coefficient (Wildman–Crippen LogP) is 0.726. The van der Waals surface area contributed by atoms with Crippen LogP contribution in [-0.4, -0.2) is 26.7 Å². The van der Waals surface area contributed by atoms with E-state index >= 15 is 0 Å². The molecule has 16 heavy (non-hydrogen) atoms. The zero-order valence-corrected chi connectivity index (χ0v) is 8.51. The number of rotatable bonds is 4. The highest BCUT2D eigenvalue weighted by molar-refractivity contribution is 5.50. The van der Waals surface area contributed by atoms with Crippen molar-refractivity contribution in [3.05, 3.63) is 36.0 Å². The summed E-state index contributed by atoms with van der Waals surface area (Å²) in [4.78, 5) is 7.09. The van der Waals surface area contributed by atoms with Gasteiger partial charge in [0.15, 0.2) is 5.82 Å². The Labute approximate surface area is 92.4 Å². The van der Waals surface area contributed by atoms with Crippen LogP contribution in [0.1, 0.15) is 11.4 Å². The van der Waals surface area contributed by atoms with Crippen LogP contribution in [0.15, 0.2) is 24.7 Å². The highest BCUT2D eigenvalue weighted by Crippen LogP contribution is 2.07. The number of nitrogens with one attached hydrogen (secondary N) is 2. The van der Waals surface area contributed by atoms with Crippen molar-refractivity contribution in [1.82, 2.24) is 20.2 Å². The molecule has 0 aliphatic carbocycles. The van der Waals surface area contributed by atoms with Crippen molar-refractivity contribution in [2.45, 2.75) is 6.42 Å². The lowest BCUT2D eigenvalue weighted by atomic mass is 10.3. The maximum absolute atomic E-state index is 8.83. The van der Waals surface area contributed by atoms with Crippen LogP contribution in [0.3, 0.4) is 0 Å². The van der Waals surface area contributed by atoms with Crippen LogP contribution in [0, 0.1) is 11.3 Å². The zero-order valence-electron chi connectivity index (χ0n) is 8.51. The lowest BCUT2D eigenvalue weighted by Crippen LogP contribution is -2.09. The summed E-state index contributed by atoms with van der Waals surface area (Å²) < 4.78 is 0. The predicted molar refractivity (Wildman–Crippen MR) is 57.5 cm³/mol. The summed E-state index contributed by atoms with van der Waals surface area (Å²) in [7, 11) is 0. The molecular weight excluding hydrogens is 204 g/mol. The Hall–Kier alpha value is -2.42. The highest BCUT2D eigenvalue weighted by Gasteiger charge is 2.02. The quantitative estimate of drug-likeness (QED) is 0.782. The molecule has 0 fully saturated rings. The van der Waals surface area contributed by atoms with E-state index in [1.54, 1.807) is 18.5 Å². The molecule has 0 aliphatic heterocycles. The average Bonchev–Trinajstić information content (AvgIpc) is 2.83. The van der Waals surface area contributed by atoms with Crippen molar-refractivity contribution in [2.24, 2.45) is 0 Å². The molecule has 6 heteroatoms. The van der Waals surface area contributed by atoms with E-state index in [9.17, 15) is 0 Å². The number of nitriles is 1. The first kappa shape index (κ1) is 10.1. The smallest absolute Gasteiger partial charge is 0.166 e. The van der Waals surface area contributed by atoms with E-state index in [0.29, 0.717) is 17.9 Å². The van der Waals surface area contributed by atoms with E-state index in [1.807, 2.05) is 0 Å². The van der Waals surface area contributed by atoms with E-state index in [1.165, 1.54) is 6.20 Å². The lowest BCUT2D eigenvalue weighted by molar-refractivity contribution is 0.908. The van der Waals surface area contributed by atoms with Crippen molar-refractivity contribution in [3.63, 3.8) is 0 Å². The summed E-state index contributed by atoms with van der Waals surface area (Å²) in [5, 5.41) is 19.4. The third-order valence-corrected chi connectivity index (χ3v) is 2.05. The molecule has 0 unspecified atom stereocenters. The first-order chi connectivity index (χ1) is 7.90. The maximum atomic E-state index is 8.83. The summed E-state index contributed by atoms with van der Waals surface area (Å²) in [5.41, 5.74) is 0.495. The van der Waals surface area contributed by atoms with Gasteiger partial charge in [-0.05, 0) is 6.07 Å². The van der Waals surface area contributed by atoms with Gasteiger partial charge in [0.1, 0.15) is 11.9 Å². The molecule has 2 N–H and O–H groups in total. The lowest BCUT2D eigenvalue weighted by Gasteiger charge is -2.04. The molecule has 80 valence electrons. The SMILES string of the molecule is N#Cc1ccnnc1NCCc1ncc[nH]1. The van der Waals surface area contributed by atoms with Gasteiger partial charge >= 0.3 is 0 Å². The minimum Gasteiger partial charge on any atom is -0.367 e. The largest absolute Gasteiger partial charge is 0.367 e. The molecule has 0 aromatic carbocycles. The molecule has 6 nitrogen and oxygen atoms in total. The Kier molecular flexibility index (Phi) is 3.09. The molecule has 0 bridgehead atoms. The first-order valence-electron chi connectivity index (χ1n) is 4.84. The Morgan fingerprint density at radius 1 is 1.44 bits per heavy atom. The number of nitrogens with zero attached hydrogens (tertiary/aromatic N) is 4. The Balaban J connectivity index is 1.93. The van der Waals surface area contributed by atoms with Gasteiger partial charge in [-0.15, -0.1) is 5.10 Å². The molecule has 2 heterocycles. The van der Waals surface area contributed by atoms with Crippen LogP contribution in [0.5, 0.6) is 0 Å². The van der Waals surface area contributed by atoms with Crippen LogP contribution in [0.4, 0.5) is 5.82 Å². The monoisotopic (exact) mass is 214 g/mol. The summed E-state index contributed by atoms with van der Waals surface area (Å²) >= 11 is 0. The summed E-state index contributed by atoms with van der Waals surface area (Å²) in [6, 6.07) is 3.68. The number of hydrogen-bond acceptors (Lipinski definition) is 5. The number of aromatic amines is 1. The molecule has 0 atom stereocenters. The van der Waals surface area contributed by atoms with Gasteiger partial charge in [-0.2, -0.15) is 10.4 Å². The van der Waals surface area contributed by atoms with Crippen LogP contribution >= 0.6 is 0 Å². The van der Waals surface area contributed by atoms with Crippen molar-refractivity contribution in [2.75, 3.05) is 11.9 Å². The Bertz CT molecular complexity index is 484. The normalized spacial score (nSPS) is 9.69. The van der Waals surface area contributed by atoms with Gasteiger partial charge in [0.05, 0.1) is 11.8 Å². The van der Waals surface area contributed by atoms with E-state index in [0.717, 1.165) is 12.2 Å². The van der Waals surface area contributed by atoms with Gasteiger partial charge in [0.2, 0.25) is 0 Å². The number of aromatic nitrogens is 4. The van der Waals surface area contributed by atoms with Gasteiger partial charge in [0.25, 0.3) is 0 Å². The number of imidazole rings is 1.